The molecule has 21 heavy (non-hydrogen) atoms. The number of para-hydroxylation sites is 1. The van der Waals surface area contributed by atoms with E-state index < -0.39 is 0 Å². The third-order valence-corrected chi connectivity index (χ3v) is 4.56. The Balaban J connectivity index is 1.67. The predicted octanol–water partition coefficient (Wildman–Crippen LogP) is 3.15. The summed E-state index contributed by atoms with van der Waals surface area (Å²) in [6, 6.07) is 13.5. The molecule has 0 bridgehead atoms. The highest BCUT2D eigenvalue weighted by Crippen LogP contribution is 2.17. The standard InChI is InChI=1S/C18H25N3/c1-20(2)17-7-5-12-21(13-11-17)14-16-10-9-15-6-3-4-8-18(15)19-16/h3-4,6,8-10,17H,5,7,11-14H2,1-2H3/t17-/m1/s1. The molecule has 3 heteroatoms. The predicted molar refractivity (Wildman–Crippen MR) is 88.3 cm³/mol. The summed E-state index contributed by atoms with van der Waals surface area (Å²) in [7, 11) is 4.40. The molecule has 0 spiro atoms. The second-order valence-corrected chi connectivity index (χ2v) is 6.32. The molecule has 1 aromatic heterocycles. The Bertz CT molecular complexity index is 594. The minimum absolute atomic E-state index is 0.736. The first-order valence-corrected chi connectivity index (χ1v) is 7.96. The van der Waals surface area contributed by atoms with Crippen LogP contribution in [0.15, 0.2) is 36.4 Å². The summed E-state index contributed by atoms with van der Waals surface area (Å²) in [6.07, 6.45) is 3.87. The van der Waals surface area contributed by atoms with E-state index in [1.165, 1.54) is 43.4 Å². The maximum absolute atomic E-state index is 4.80. The summed E-state index contributed by atoms with van der Waals surface area (Å²) in [5.74, 6) is 0. The molecule has 0 amide bonds. The Hall–Kier alpha value is -1.45. The summed E-state index contributed by atoms with van der Waals surface area (Å²) < 4.78 is 0. The van der Waals surface area contributed by atoms with E-state index >= 15 is 0 Å². The largest absolute Gasteiger partial charge is 0.306 e. The van der Waals surface area contributed by atoms with Crippen LogP contribution in [-0.2, 0) is 6.54 Å². The number of benzene rings is 1. The molecule has 1 aromatic carbocycles. The number of aromatic nitrogens is 1. The minimum Gasteiger partial charge on any atom is -0.306 e. The van der Waals surface area contributed by atoms with Gasteiger partial charge in [0.2, 0.25) is 0 Å². The molecule has 112 valence electrons. The smallest absolute Gasteiger partial charge is 0.0705 e. The second-order valence-electron chi connectivity index (χ2n) is 6.32. The van der Waals surface area contributed by atoms with E-state index in [-0.39, 0.29) is 0 Å². The lowest BCUT2D eigenvalue weighted by atomic mass is 10.1. The molecule has 3 rings (SSSR count). The zero-order valence-corrected chi connectivity index (χ0v) is 13.1. The van der Waals surface area contributed by atoms with Crippen molar-refractivity contribution in [2.45, 2.75) is 31.8 Å². The normalized spacial score (nSPS) is 20.8. The minimum atomic E-state index is 0.736. The topological polar surface area (TPSA) is 19.4 Å². The van der Waals surface area contributed by atoms with Crippen LogP contribution in [0.1, 0.15) is 25.0 Å². The van der Waals surface area contributed by atoms with Crippen molar-refractivity contribution in [2.75, 3.05) is 27.2 Å². The quantitative estimate of drug-likeness (QED) is 0.862. The fraction of sp³-hybridized carbons (Fsp3) is 0.500. The van der Waals surface area contributed by atoms with Crippen LogP contribution >= 0.6 is 0 Å². The maximum Gasteiger partial charge on any atom is 0.0705 e. The zero-order valence-electron chi connectivity index (χ0n) is 13.1. The summed E-state index contributed by atoms with van der Waals surface area (Å²) in [6.45, 7) is 3.35. The van der Waals surface area contributed by atoms with Crippen molar-refractivity contribution < 1.29 is 0 Å². The lowest BCUT2D eigenvalue weighted by Gasteiger charge is -2.23. The number of nitrogens with zero attached hydrogens (tertiary/aromatic N) is 3. The Labute approximate surface area is 127 Å². The van der Waals surface area contributed by atoms with Gasteiger partial charge in [0.05, 0.1) is 11.2 Å². The van der Waals surface area contributed by atoms with Crippen LogP contribution < -0.4 is 0 Å². The Kier molecular flexibility index (Phi) is 4.51. The van der Waals surface area contributed by atoms with Crippen molar-refractivity contribution >= 4 is 10.9 Å². The van der Waals surface area contributed by atoms with Crippen molar-refractivity contribution in [2.24, 2.45) is 0 Å². The first kappa shape index (κ1) is 14.5. The molecule has 2 heterocycles. The lowest BCUT2D eigenvalue weighted by molar-refractivity contribution is 0.244. The van der Waals surface area contributed by atoms with Crippen LogP contribution in [0.2, 0.25) is 0 Å². The molecule has 0 radical (unpaired) electrons. The summed E-state index contributed by atoms with van der Waals surface area (Å²) in [5.41, 5.74) is 2.30. The molecular formula is C18H25N3. The molecule has 3 nitrogen and oxygen atoms in total. The fourth-order valence-corrected chi connectivity index (χ4v) is 3.24. The summed E-state index contributed by atoms with van der Waals surface area (Å²) >= 11 is 0. The highest BCUT2D eigenvalue weighted by Gasteiger charge is 2.18. The van der Waals surface area contributed by atoms with Crippen LogP contribution in [0.4, 0.5) is 0 Å². The monoisotopic (exact) mass is 283 g/mol. The number of rotatable bonds is 3. The van der Waals surface area contributed by atoms with E-state index in [0.29, 0.717) is 0 Å². The maximum atomic E-state index is 4.80. The highest BCUT2D eigenvalue weighted by molar-refractivity contribution is 5.78. The molecule has 1 aliphatic rings. The van der Waals surface area contributed by atoms with Gasteiger partial charge in [-0.25, -0.2) is 0 Å². The third kappa shape index (κ3) is 3.60. The molecular weight excluding hydrogens is 258 g/mol. The second kappa shape index (κ2) is 6.54. The first-order chi connectivity index (χ1) is 10.2. The summed E-state index contributed by atoms with van der Waals surface area (Å²) in [5, 5.41) is 1.23. The van der Waals surface area contributed by atoms with Crippen molar-refractivity contribution in [3.05, 3.63) is 42.1 Å². The molecule has 1 aliphatic heterocycles. The van der Waals surface area contributed by atoms with Crippen LogP contribution in [0, 0.1) is 0 Å². The molecule has 2 aromatic rings. The van der Waals surface area contributed by atoms with Crippen molar-refractivity contribution in [1.29, 1.82) is 0 Å². The zero-order chi connectivity index (χ0) is 14.7. The van der Waals surface area contributed by atoms with Crippen molar-refractivity contribution in [3.8, 4) is 0 Å². The van der Waals surface area contributed by atoms with Gasteiger partial charge in [-0.15, -0.1) is 0 Å². The van der Waals surface area contributed by atoms with E-state index in [0.717, 1.165) is 18.1 Å². The number of hydrogen-bond acceptors (Lipinski definition) is 3. The average molecular weight is 283 g/mol. The van der Waals surface area contributed by atoms with E-state index in [1.54, 1.807) is 0 Å². The number of pyridine rings is 1. The molecule has 1 saturated heterocycles. The van der Waals surface area contributed by atoms with Gasteiger partial charge in [-0.3, -0.25) is 9.88 Å². The summed E-state index contributed by atoms with van der Waals surface area (Å²) in [4.78, 5) is 9.73. The van der Waals surface area contributed by atoms with Crippen LogP contribution in [-0.4, -0.2) is 48.0 Å². The van der Waals surface area contributed by atoms with Gasteiger partial charge in [-0.2, -0.15) is 0 Å². The number of fused-ring (bicyclic) bond motifs is 1. The van der Waals surface area contributed by atoms with Gasteiger partial charge in [-0.1, -0.05) is 24.3 Å². The van der Waals surface area contributed by atoms with Gasteiger partial charge < -0.3 is 4.90 Å². The Morgan fingerprint density at radius 1 is 1.10 bits per heavy atom. The van der Waals surface area contributed by atoms with E-state index in [9.17, 15) is 0 Å². The lowest BCUT2D eigenvalue weighted by Crippen LogP contribution is -2.30. The van der Waals surface area contributed by atoms with Gasteiger partial charge in [0.25, 0.3) is 0 Å². The SMILES string of the molecule is CN(C)[C@@H]1CCCN(Cc2ccc3ccccc3n2)CC1. The van der Waals surface area contributed by atoms with Gasteiger partial charge in [0.1, 0.15) is 0 Å². The third-order valence-electron chi connectivity index (χ3n) is 4.56. The fourth-order valence-electron chi connectivity index (χ4n) is 3.24. The highest BCUT2D eigenvalue weighted by atomic mass is 15.2. The number of likely N-dealkylation sites (tertiary alicyclic amines) is 1. The number of hydrogen-bond donors (Lipinski definition) is 0. The van der Waals surface area contributed by atoms with Gasteiger partial charge in [0.15, 0.2) is 0 Å². The van der Waals surface area contributed by atoms with E-state index in [4.69, 9.17) is 4.98 Å². The molecule has 0 unspecified atom stereocenters. The molecule has 0 aliphatic carbocycles. The van der Waals surface area contributed by atoms with Crippen LogP contribution in [0.25, 0.3) is 10.9 Å². The molecule has 0 saturated carbocycles. The Morgan fingerprint density at radius 3 is 2.81 bits per heavy atom. The van der Waals surface area contributed by atoms with E-state index in [1.807, 2.05) is 0 Å². The van der Waals surface area contributed by atoms with Crippen molar-refractivity contribution in [3.63, 3.8) is 0 Å². The van der Waals surface area contributed by atoms with Crippen LogP contribution in [0.5, 0.6) is 0 Å². The van der Waals surface area contributed by atoms with Gasteiger partial charge >= 0.3 is 0 Å². The first-order valence-electron chi connectivity index (χ1n) is 7.96. The molecule has 0 N–H and O–H groups in total. The Morgan fingerprint density at radius 2 is 1.95 bits per heavy atom. The average Bonchev–Trinajstić information content (AvgIpc) is 2.73. The van der Waals surface area contributed by atoms with Crippen LogP contribution in [0.3, 0.4) is 0 Å². The van der Waals surface area contributed by atoms with E-state index in [2.05, 4.69) is 60.3 Å². The van der Waals surface area contributed by atoms with Crippen molar-refractivity contribution in [1.82, 2.24) is 14.8 Å². The van der Waals surface area contributed by atoms with Gasteiger partial charge in [-0.05, 0) is 52.0 Å². The molecule has 1 atom stereocenters. The van der Waals surface area contributed by atoms with Gasteiger partial charge in [0, 0.05) is 24.5 Å². The molecule has 1 fully saturated rings.